The number of carbonyl (C=O) groups excluding carboxylic acids is 3. The van der Waals surface area contributed by atoms with Crippen molar-refractivity contribution in [2.45, 2.75) is 18.2 Å². The van der Waals surface area contributed by atoms with Gasteiger partial charge < -0.3 is 15.4 Å². The summed E-state index contributed by atoms with van der Waals surface area (Å²) in [6, 6.07) is 30.9. The smallest absolute Gasteiger partial charge is 0.262 e. The zero-order valence-corrected chi connectivity index (χ0v) is 25.4. The molecule has 12 heteroatoms. The molecular weight excluding hydrogens is 594 g/mol. The molecule has 4 rings (SSSR count). The zero-order valence-electron chi connectivity index (χ0n) is 24.6. The van der Waals surface area contributed by atoms with Crippen LogP contribution < -0.4 is 20.8 Å². The summed E-state index contributed by atoms with van der Waals surface area (Å²) >= 11 is 0. The lowest BCUT2D eigenvalue weighted by atomic mass is 10.1. The Morgan fingerprint density at radius 3 is 2.04 bits per heavy atom. The van der Waals surface area contributed by atoms with E-state index in [-0.39, 0.29) is 29.9 Å². The van der Waals surface area contributed by atoms with E-state index >= 15 is 0 Å². The van der Waals surface area contributed by atoms with Gasteiger partial charge in [0.2, 0.25) is 15.9 Å². The molecule has 0 aliphatic carbocycles. The van der Waals surface area contributed by atoms with Crippen molar-refractivity contribution < 1.29 is 27.5 Å². The Balaban J connectivity index is 1.34. The molecular formula is C33H33N5O6S. The van der Waals surface area contributed by atoms with Crippen LogP contribution >= 0.6 is 0 Å². The van der Waals surface area contributed by atoms with E-state index in [9.17, 15) is 22.8 Å². The van der Waals surface area contributed by atoms with Crippen LogP contribution in [0.4, 0.5) is 11.4 Å². The maximum atomic E-state index is 13.5. The quantitative estimate of drug-likeness (QED) is 0.142. The highest BCUT2D eigenvalue weighted by atomic mass is 32.2. The third-order valence-corrected chi connectivity index (χ3v) is 8.19. The number of para-hydroxylation sites is 1. The predicted octanol–water partition coefficient (Wildman–Crippen LogP) is 4.05. The van der Waals surface area contributed by atoms with Crippen LogP contribution in [0.25, 0.3) is 0 Å². The molecule has 3 N–H and O–H groups in total. The van der Waals surface area contributed by atoms with Gasteiger partial charge in [0.1, 0.15) is 5.75 Å². The first-order chi connectivity index (χ1) is 21.7. The van der Waals surface area contributed by atoms with E-state index in [0.29, 0.717) is 29.1 Å². The first-order valence-electron chi connectivity index (χ1n) is 14.0. The van der Waals surface area contributed by atoms with Gasteiger partial charge >= 0.3 is 0 Å². The van der Waals surface area contributed by atoms with Gasteiger partial charge in [-0.05, 0) is 78.2 Å². The number of hydrogen-bond donors (Lipinski definition) is 3. The van der Waals surface area contributed by atoms with Gasteiger partial charge in [-0.2, -0.15) is 9.41 Å². The van der Waals surface area contributed by atoms with Crippen molar-refractivity contribution in [2.24, 2.45) is 5.10 Å². The first-order valence-corrected chi connectivity index (χ1v) is 15.4. The minimum absolute atomic E-state index is 0.0131. The largest absolute Gasteiger partial charge is 0.484 e. The van der Waals surface area contributed by atoms with Crippen LogP contribution in [0, 0.1) is 0 Å². The van der Waals surface area contributed by atoms with Crippen molar-refractivity contribution in [2.75, 3.05) is 30.3 Å². The third-order valence-electron chi connectivity index (χ3n) is 6.34. The minimum atomic E-state index is -4.06. The van der Waals surface area contributed by atoms with Crippen molar-refractivity contribution in [1.82, 2.24) is 9.73 Å². The fraction of sp³-hybridized carbons (Fsp3) is 0.152. The van der Waals surface area contributed by atoms with Gasteiger partial charge in [0.05, 0.1) is 17.7 Å². The molecule has 0 aromatic heterocycles. The number of hydrazone groups is 1. The highest BCUT2D eigenvalue weighted by Crippen LogP contribution is 2.19. The van der Waals surface area contributed by atoms with Crippen molar-refractivity contribution in [3.05, 3.63) is 120 Å². The molecule has 0 bridgehead atoms. The molecule has 4 aromatic carbocycles. The summed E-state index contributed by atoms with van der Waals surface area (Å²) in [5, 5.41) is 9.30. The summed E-state index contributed by atoms with van der Waals surface area (Å²) in [5.41, 5.74) is 5.08. The number of nitrogens with zero attached hydrogens (tertiary/aromatic N) is 2. The summed E-state index contributed by atoms with van der Waals surface area (Å²) < 4.78 is 33.7. The van der Waals surface area contributed by atoms with Gasteiger partial charge in [0, 0.05) is 24.8 Å². The molecule has 0 aliphatic rings. The van der Waals surface area contributed by atoms with Crippen LogP contribution in [0.15, 0.2) is 119 Å². The Hall–Kier alpha value is -5.33. The summed E-state index contributed by atoms with van der Waals surface area (Å²) in [7, 11) is -4.06. The molecule has 0 heterocycles. The van der Waals surface area contributed by atoms with E-state index in [1.54, 1.807) is 36.4 Å². The summed E-state index contributed by atoms with van der Waals surface area (Å²) in [6.45, 7) is 0.790. The van der Waals surface area contributed by atoms with Crippen LogP contribution in [-0.4, -0.2) is 56.4 Å². The van der Waals surface area contributed by atoms with Crippen molar-refractivity contribution in [3.63, 3.8) is 0 Å². The zero-order chi connectivity index (χ0) is 32.1. The lowest BCUT2D eigenvalue weighted by Crippen LogP contribution is -2.40. The standard InChI is InChI=1S/C33H33N5O6S/c1-25(39)35-29-14-18-31(19-15-29)45(42,43)38(21-20-26-8-4-2-5-9-26)23-32(40)37-34-22-27-12-16-30(17-13-27)44-24-33(41)36-28-10-6-3-7-11-28/h2-19,22H,20-21,23-24H2,1H3,(H,35,39)(H,36,41)(H,37,40)/b34-22+. The lowest BCUT2D eigenvalue weighted by molar-refractivity contribution is -0.121. The molecule has 0 saturated carbocycles. The molecule has 0 unspecified atom stereocenters. The molecule has 3 amide bonds. The molecule has 0 fully saturated rings. The number of amides is 3. The van der Waals surface area contributed by atoms with Crippen molar-refractivity contribution >= 4 is 45.3 Å². The Kier molecular flexibility index (Phi) is 11.5. The number of rotatable bonds is 14. The molecule has 4 aromatic rings. The molecule has 45 heavy (non-hydrogen) atoms. The van der Waals surface area contributed by atoms with Gasteiger partial charge in [-0.3, -0.25) is 14.4 Å². The molecule has 0 atom stereocenters. The Bertz CT molecular complexity index is 1710. The second-order valence-electron chi connectivity index (χ2n) is 9.84. The normalized spacial score (nSPS) is 11.2. The van der Waals surface area contributed by atoms with Crippen LogP contribution in [-0.2, 0) is 30.8 Å². The second kappa shape index (κ2) is 15.9. The predicted molar refractivity (Wildman–Crippen MR) is 172 cm³/mol. The number of anilines is 2. The van der Waals surface area contributed by atoms with Crippen LogP contribution in [0.1, 0.15) is 18.1 Å². The van der Waals surface area contributed by atoms with E-state index in [4.69, 9.17) is 4.74 Å². The summed E-state index contributed by atoms with van der Waals surface area (Å²) in [4.78, 5) is 36.2. The Morgan fingerprint density at radius 1 is 0.778 bits per heavy atom. The van der Waals surface area contributed by atoms with Gasteiger partial charge in [0.15, 0.2) is 6.61 Å². The van der Waals surface area contributed by atoms with Gasteiger partial charge in [-0.15, -0.1) is 0 Å². The van der Waals surface area contributed by atoms with Crippen LogP contribution in [0.3, 0.4) is 0 Å². The van der Waals surface area contributed by atoms with Crippen LogP contribution in [0.5, 0.6) is 5.75 Å². The Labute approximate surface area is 262 Å². The number of nitrogens with one attached hydrogen (secondary N) is 3. The first kappa shape index (κ1) is 32.6. The third kappa shape index (κ3) is 10.4. The van der Waals surface area contributed by atoms with E-state index in [0.717, 1.165) is 9.87 Å². The lowest BCUT2D eigenvalue weighted by Gasteiger charge is -2.21. The molecule has 232 valence electrons. The molecule has 11 nitrogen and oxygen atoms in total. The molecule has 0 aliphatic heterocycles. The average Bonchev–Trinajstić information content (AvgIpc) is 3.03. The fourth-order valence-corrected chi connectivity index (χ4v) is 5.53. The molecule has 0 saturated heterocycles. The Morgan fingerprint density at radius 2 is 1.40 bits per heavy atom. The van der Waals surface area contributed by atoms with Crippen LogP contribution in [0.2, 0.25) is 0 Å². The number of benzene rings is 4. The molecule has 0 spiro atoms. The topological polar surface area (TPSA) is 146 Å². The van der Waals surface area contributed by atoms with E-state index in [2.05, 4.69) is 21.2 Å². The number of hydrogen-bond acceptors (Lipinski definition) is 7. The maximum Gasteiger partial charge on any atom is 0.262 e. The van der Waals surface area contributed by atoms with Gasteiger partial charge in [0.25, 0.3) is 11.8 Å². The van der Waals surface area contributed by atoms with E-state index in [1.807, 2.05) is 48.5 Å². The SMILES string of the molecule is CC(=O)Nc1ccc(S(=O)(=O)N(CCc2ccccc2)CC(=O)N/N=C/c2ccc(OCC(=O)Nc3ccccc3)cc2)cc1. The fourth-order valence-electron chi connectivity index (χ4n) is 4.14. The number of carbonyl (C=O) groups is 3. The maximum absolute atomic E-state index is 13.5. The van der Waals surface area contributed by atoms with Crippen molar-refractivity contribution in [3.8, 4) is 5.75 Å². The van der Waals surface area contributed by atoms with Gasteiger partial charge in [-0.25, -0.2) is 13.8 Å². The monoisotopic (exact) mass is 627 g/mol. The number of ether oxygens (including phenoxy) is 1. The summed E-state index contributed by atoms with van der Waals surface area (Å²) in [5.74, 6) is -0.720. The van der Waals surface area contributed by atoms with E-state index < -0.39 is 22.5 Å². The minimum Gasteiger partial charge on any atom is -0.484 e. The second-order valence-corrected chi connectivity index (χ2v) is 11.8. The highest BCUT2D eigenvalue weighted by Gasteiger charge is 2.26. The van der Waals surface area contributed by atoms with Crippen molar-refractivity contribution in [1.29, 1.82) is 0 Å². The number of sulfonamides is 1. The molecule has 0 radical (unpaired) electrons. The summed E-state index contributed by atoms with van der Waals surface area (Å²) in [6.07, 6.45) is 1.80. The average molecular weight is 628 g/mol. The van der Waals surface area contributed by atoms with Gasteiger partial charge in [-0.1, -0.05) is 48.5 Å². The van der Waals surface area contributed by atoms with E-state index in [1.165, 1.54) is 37.4 Å². The highest BCUT2D eigenvalue weighted by molar-refractivity contribution is 7.89.